The molecule has 10 heteroatoms. The Morgan fingerprint density at radius 3 is 1.16 bits per heavy atom. The van der Waals surface area contributed by atoms with Crippen LogP contribution in [0.2, 0.25) is 0 Å². The van der Waals surface area contributed by atoms with Gasteiger partial charge in [-0.3, -0.25) is 18.6 Å². The average Bonchev–Trinajstić information content (AvgIpc) is 3.46. The summed E-state index contributed by atoms with van der Waals surface area (Å²) in [7, 11) is 1.47. The molecular formula is C73H136N2O7P+. The number of esters is 1. The van der Waals surface area contributed by atoms with Gasteiger partial charge in [-0.15, -0.1) is 0 Å². The van der Waals surface area contributed by atoms with Gasteiger partial charge in [-0.2, -0.15) is 0 Å². The van der Waals surface area contributed by atoms with E-state index in [4.69, 9.17) is 13.8 Å². The Hall–Kier alpha value is -2.55. The molecule has 0 aliphatic heterocycles. The van der Waals surface area contributed by atoms with Crippen molar-refractivity contribution in [2.75, 3.05) is 40.9 Å². The minimum absolute atomic E-state index is 0.0293. The second kappa shape index (κ2) is 62.5. The summed E-state index contributed by atoms with van der Waals surface area (Å²) in [5.41, 5.74) is 0. The van der Waals surface area contributed by atoms with Gasteiger partial charge in [0.2, 0.25) is 5.91 Å². The third kappa shape index (κ3) is 63.8. The zero-order valence-electron chi connectivity index (χ0n) is 55.4. The van der Waals surface area contributed by atoms with Crippen molar-refractivity contribution in [2.45, 2.75) is 341 Å². The van der Waals surface area contributed by atoms with Crippen LogP contribution in [-0.2, 0) is 27.9 Å². The normalized spacial score (nSPS) is 14.0. The predicted octanol–water partition coefficient (Wildman–Crippen LogP) is 22.3. The lowest BCUT2D eigenvalue weighted by molar-refractivity contribution is -0.870. The molecule has 1 amide bonds. The minimum atomic E-state index is -4.47. The number of ether oxygens (including phenoxy) is 1. The van der Waals surface area contributed by atoms with Crippen LogP contribution in [0.25, 0.3) is 0 Å². The lowest BCUT2D eigenvalue weighted by Gasteiger charge is -2.27. The lowest BCUT2D eigenvalue weighted by atomic mass is 10.0. The van der Waals surface area contributed by atoms with Gasteiger partial charge in [0.25, 0.3) is 0 Å². The molecule has 83 heavy (non-hydrogen) atoms. The summed E-state index contributed by atoms with van der Waals surface area (Å²) < 4.78 is 30.8. The van der Waals surface area contributed by atoms with Gasteiger partial charge in [-0.1, -0.05) is 293 Å². The summed E-state index contributed by atoms with van der Waals surface area (Å²) in [6, 6.07) is -0.879. The van der Waals surface area contributed by atoms with Crippen LogP contribution >= 0.6 is 7.82 Å². The highest BCUT2D eigenvalue weighted by Gasteiger charge is 2.30. The van der Waals surface area contributed by atoms with Crippen LogP contribution in [0.1, 0.15) is 329 Å². The van der Waals surface area contributed by atoms with Crippen LogP contribution in [-0.4, -0.2) is 74.3 Å². The van der Waals surface area contributed by atoms with Gasteiger partial charge in [0.1, 0.15) is 19.3 Å². The fraction of sp³-hybridized carbons (Fsp3) is 0.808. The minimum Gasteiger partial charge on any atom is -0.456 e. The quantitative estimate of drug-likeness (QED) is 0.0205. The first-order chi connectivity index (χ1) is 40.4. The molecule has 0 rings (SSSR count). The topological polar surface area (TPSA) is 111 Å². The number of carbonyl (C=O) groups is 2. The SMILES string of the molecule is CCCCC/C=C\C/C=C\C/C=C\C/C=C\CCCC(=O)NC(COP(=O)(O)OCC[N+](C)(C)C)C(/C=C\CCCCCCCCCCCCC)OC(=O)CCCCCCCCCCCCCCCCCCC/C=C/CCCCCCCC. The highest BCUT2D eigenvalue weighted by molar-refractivity contribution is 7.47. The maximum absolute atomic E-state index is 13.6. The fourth-order valence-corrected chi connectivity index (χ4v) is 10.9. The Bertz CT molecular complexity index is 1650. The number of rotatable bonds is 64. The summed E-state index contributed by atoms with van der Waals surface area (Å²) in [5, 5.41) is 3.03. The number of carbonyl (C=O) groups excluding carboxylic acids is 2. The van der Waals surface area contributed by atoms with E-state index in [1.165, 1.54) is 225 Å². The monoisotopic (exact) mass is 1180 g/mol. The Balaban J connectivity index is 5.10. The molecule has 0 aromatic carbocycles. The van der Waals surface area contributed by atoms with Gasteiger partial charge in [0, 0.05) is 12.8 Å². The third-order valence-electron chi connectivity index (χ3n) is 15.6. The molecule has 0 fully saturated rings. The lowest BCUT2D eigenvalue weighted by Crippen LogP contribution is -2.47. The number of phosphoric ester groups is 1. The van der Waals surface area contributed by atoms with Crippen molar-refractivity contribution in [3.05, 3.63) is 72.9 Å². The molecular weight excluding hydrogens is 1050 g/mol. The van der Waals surface area contributed by atoms with Crippen LogP contribution in [0.3, 0.4) is 0 Å². The van der Waals surface area contributed by atoms with E-state index < -0.39 is 20.0 Å². The Morgan fingerprint density at radius 1 is 0.422 bits per heavy atom. The highest BCUT2D eigenvalue weighted by atomic mass is 31.2. The molecule has 3 atom stereocenters. The first-order valence-corrected chi connectivity index (χ1v) is 36.8. The zero-order valence-corrected chi connectivity index (χ0v) is 56.3. The summed E-state index contributed by atoms with van der Waals surface area (Å²) in [6.45, 7) is 6.97. The van der Waals surface area contributed by atoms with Crippen LogP contribution in [0.5, 0.6) is 0 Å². The fourth-order valence-electron chi connectivity index (χ4n) is 10.2. The maximum atomic E-state index is 13.6. The van der Waals surface area contributed by atoms with Crippen LogP contribution < -0.4 is 5.32 Å². The van der Waals surface area contributed by atoms with E-state index in [0.717, 1.165) is 64.2 Å². The molecule has 0 radical (unpaired) electrons. The highest BCUT2D eigenvalue weighted by Crippen LogP contribution is 2.43. The van der Waals surface area contributed by atoms with Crippen molar-refractivity contribution < 1.29 is 37.3 Å². The van der Waals surface area contributed by atoms with Crippen LogP contribution in [0.4, 0.5) is 0 Å². The molecule has 0 heterocycles. The average molecular weight is 1180 g/mol. The Morgan fingerprint density at radius 2 is 0.747 bits per heavy atom. The number of amides is 1. The van der Waals surface area contributed by atoms with E-state index in [9.17, 15) is 19.0 Å². The summed E-state index contributed by atoms with van der Waals surface area (Å²) in [5.74, 6) is -0.560. The predicted molar refractivity (Wildman–Crippen MR) is 360 cm³/mol. The van der Waals surface area contributed by atoms with Crippen LogP contribution in [0.15, 0.2) is 72.9 Å². The van der Waals surface area contributed by atoms with E-state index in [0.29, 0.717) is 17.4 Å². The second-order valence-corrected chi connectivity index (χ2v) is 26.5. The first kappa shape index (κ1) is 80.5. The number of quaternary nitrogens is 1. The van der Waals surface area contributed by atoms with Gasteiger partial charge in [0.05, 0.1) is 33.8 Å². The van der Waals surface area contributed by atoms with Gasteiger partial charge < -0.3 is 19.4 Å². The van der Waals surface area contributed by atoms with E-state index in [2.05, 4.69) is 86.8 Å². The summed E-state index contributed by atoms with van der Waals surface area (Å²) in [6.07, 6.45) is 82.2. The molecule has 0 aliphatic rings. The standard InChI is InChI=1S/C73H135N2O7P/c1-7-10-13-16-19-22-25-28-30-32-33-34-35-36-37-38-39-40-41-43-45-48-51-54-57-60-63-66-73(77)82-71(64-61-58-55-52-49-46-27-24-21-18-15-12-9-3)70(69-81-83(78,79)80-68-67-75(4,5)6)74-72(76)65-62-59-56-53-50-47-44-42-31-29-26-23-20-17-14-11-8-2/h20,23,28-31,44,47,53,56,61,64,70-71H,7-19,21-22,24-27,32-43,45-46,48-52,54-55,57-60,62-63,65-69H2,1-6H3,(H-,74,76,78,79)/p+1/b23-20-,30-28+,31-29-,47-44-,56-53-,64-61-. The maximum Gasteiger partial charge on any atom is 0.472 e. The van der Waals surface area contributed by atoms with Crippen molar-refractivity contribution in [1.29, 1.82) is 0 Å². The number of unbranched alkanes of at least 4 members (excludes halogenated alkanes) is 38. The number of hydrogen-bond acceptors (Lipinski definition) is 6. The number of likely N-dealkylation sites (N-methyl/N-ethyl adjacent to an activating group) is 1. The van der Waals surface area contributed by atoms with Crippen molar-refractivity contribution in [3.63, 3.8) is 0 Å². The number of nitrogens with one attached hydrogen (secondary N) is 1. The number of allylic oxidation sites excluding steroid dienone is 11. The molecule has 0 saturated heterocycles. The molecule has 0 aliphatic carbocycles. The first-order valence-electron chi connectivity index (χ1n) is 35.3. The second-order valence-electron chi connectivity index (χ2n) is 25.0. The van der Waals surface area contributed by atoms with Crippen molar-refractivity contribution in [1.82, 2.24) is 5.32 Å². The molecule has 0 aromatic heterocycles. The van der Waals surface area contributed by atoms with Crippen LogP contribution in [0, 0.1) is 0 Å². The van der Waals surface area contributed by atoms with E-state index in [1.807, 2.05) is 33.3 Å². The van der Waals surface area contributed by atoms with Gasteiger partial charge in [-0.05, 0) is 96.0 Å². The molecule has 2 N–H and O–H groups in total. The summed E-state index contributed by atoms with van der Waals surface area (Å²) >= 11 is 0. The third-order valence-corrected chi connectivity index (χ3v) is 16.6. The molecule has 0 spiro atoms. The van der Waals surface area contributed by atoms with Crippen molar-refractivity contribution in [2.24, 2.45) is 0 Å². The van der Waals surface area contributed by atoms with Gasteiger partial charge in [-0.25, -0.2) is 4.57 Å². The number of hydrogen-bond donors (Lipinski definition) is 2. The number of phosphoric acid groups is 1. The summed E-state index contributed by atoms with van der Waals surface area (Å²) in [4.78, 5) is 37.8. The zero-order chi connectivity index (χ0) is 60.7. The molecule has 484 valence electrons. The molecule has 0 bridgehead atoms. The molecule has 3 unspecified atom stereocenters. The van der Waals surface area contributed by atoms with Gasteiger partial charge >= 0.3 is 13.8 Å². The Kier molecular flexibility index (Phi) is 60.6. The van der Waals surface area contributed by atoms with E-state index in [1.54, 1.807) is 0 Å². The van der Waals surface area contributed by atoms with Crippen molar-refractivity contribution in [3.8, 4) is 0 Å². The molecule has 0 aromatic rings. The Labute approximate surface area is 514 Å². The molecule has 0 saturated carbocycles. The van der Waals surface area contributed by atoms with Crippen molar-refractivity contribution >= 4 is 19.7 Å². The van der Waals surface area contributed by atoms with E-state index in [-0.39, 0.29) is 37.9 Å². The number of nitrogens with zero attached hydrogens (tertiary/aromatic N) is 1. The largest absolute Gasteiger partial charge is 0.472 e. The smallest absolute Gasteiger partial charge is 0.456 e. The molecule has 9 nitrogen and oxygen atoms in total. The van der Waals surface area contributed by atoms with Gasteiger partial charge in [0.15, 0.2) is 0 Å². The van der Waals surface area contributed by atoms with E-state index >= 15 is 0 Å².